The molecule has 2 rings (SSSR count). The van der Waals surface area contributed by atoms with Gasteiger partial charge in [-0.15, -0.1) is 0 Å². The Labute approximate surface area is 60.6 Å². The number of ether oxygens (including phenoxy) is 1. The first kappa shape index (κ1) is 5.83. The topological polar surface area (TPSA) is 21.3 Å². The van der Waals surface area contributed by atoms with Crippen LogP contribution in [0.5, 0.6) is 0 Å². The summed E-state index contributed by atoms with van der Waals surface area (Å²) in [5.41, 5.74) is 1.33. The first-order chi connectivity index (χ1) is 4.97. The van der Waals surface area contributed by atoms with E-state index in [4.69, 9.17) is 4.74 Å². The Morgan fingerprint density at radius 3 is 3.40 bits per heavy atom. The number of rotatable bonds is 0. The van der Waals surface area contributed by atoms with E-state index < -0.39 is 0 Å². The lowest BCUT2D eigenvalue weighted by Crippen LogP contribution is -2.23. The lowest BCUT2D eigenvalue weighted by atomic mass is 10.1. The summed E-state index contributed by atoms with van der Waals surface area (Å²) in [6.07, 6.45) is 6.61. The highest BCUT2D eigenvalue weighted by atomic mass is 16.5. The molecule has 0 aromatic heterocycles. The predicted molar refractivity (Wildman–Crippen MR) is 39.4 cm³/mol. The van der Waals surface area contributed by atoms with Crippen molar-refractivity contribution in [1.29, 1.82) is 0 Å². The normalized spacial score (nSPS) is 23.2. The molecule has 2 heteroatoms. The fourth-order valence-corrected chi connectivity index (χ4v) is 1.32. The zero-order chi connectivity index (χ0) is 6.81. The summed E-state index contributed by atoms with van der Waals surface area (Å²) in [7, 11) is 0. The molecule has 54 valence electrons. The summed E-state index contributed by atoms with van der Waals surface area (Å²) in [5, 5.41) is 3.19. The maximum Gasteiger partial charge on any atom is 0.190 e. The molecule has 10 heavy (non-hydrogen) atoms. The molecule has 0 radical (unpaired) electrons. The second-order valence-corrected chi connectivity index (χ2v) is 2.59. The molecular weight excluding hydrogens is 126 g/mol. The quantitative estimate of drug-likeness (QED) is 0.541. The van der Waals surface area contributed by atoms with E-state index in [2.05, 4.69) is 17.5 Å². The minimum Gasteiger partial charge on any atom is -0.479 e. The summed E-state index contributed by atoms with van der Waals surface area (Å²) in [4.78, 5) is 0. The van der Waals surface area contributed by atoms with Crippen LogP contribution in [0.4, 0.5) is 0 Å². The summed E-state index contributed by atoms with van der Waals surface area (Å²) in [6, 6.07) is 0. The SMILES string of the molecule is C1=CC2=C(NC1)OCCC2. The molecule has 0 saturated heterocycles. The molecule has 0 amide bonds. The molecule has 0 aromatic rings. The second-order valence-electron chi connectivity index (χ2n) is 2.59. The number of nitrogens with one attached hydrogen (secondary N) is 1. The van der Waals surface area contributed by atoms with Gasteiger partial charge in [-0.05, 0) is 12.8 Å². The van der Waals surface area contributed by atoms with Crippen molar-refractivity contribution in [1.82, 2.24) is 5.32 Å². The van der Waals surface area contributed by atoms with Crippen molar-refractivity contribution < 1.29 is 4.74 Å². The summed E-state index contributed by atoms with van der Waals surface area (Å²) in [5.74, 6) is 1.01. The van der Waals surface area contributed by atoms with Gasteiger partial charge in [-0.3, -0.25) is 0 Å². The molecule has 2 aliphatic rings. The van der Waals surface area contributed by atoms with Gasteiger partial charge in [0.25, 0.3) is 0 Å². The van der Waals surface area contributed by atoms with Crippen molar-refractivity contribution in [2.24, 2.45) is 0 Å². The standard InChI is InChI=1S/C8H11NO/c1-3-7-4-2-6-10-8(7)9-5-1/h1,3,9H,2,4-6H2. The Bertz CT molecular complexity index is 193. The van der Waals surface area contributed by atoms with Crippen LogP contribution in [-0.4, -0.2) is 13.2 Å². The van der Waals surface area contributed by atoms with Crippen LogP contribution in [-0.2, 0) is 4.74 Å². The van der Waals surface area contributed by atoms with Crippen LogP contribution < -0.4 is 5.32 Å². The molecule has 2 heterocycles. The molecule has 0 bridgehead atoms. The molecule has 0 saturated carbocycles. The fourth-order valence-electron chi connectivity index (χ4n) is 1.32. The Morgan fingerprint density at radius 2 is 2.50 bits per heavy atom. The lowest BCUT2D eigenvalue weighted by molar-refractivity contribution is 0.169. The van der Waals surface area contributed by atoms with Gasteiger partial charge in [0.15, 0.2) is 5.88 Å². The van der Waals surface area contributed by atoms with Crippen LogP contribution in [0.15, 0.2) is 23.6 Å². The molecule has 0 aliphatic carbocycles. The van der Waals surface area contributed by atoms with Gasteiger partial charge in [0.05, 0.1) is 6.61 Å². The van der Waals surface area contributed by atoms with Crippen LogP contribution in [0.25, 0.3) is 0 Å². The highest BCUT2D eigenvalue weighted by Crippen LogP contribution is 2.19. The van der Waals surface area contributed by atoms with E-state index in [1.807, 2.05) is 0 Å². The first-order valence-corrected chi connectivity index (χ1v) is 3.73. The summed E-state index contributed by atoms with van der Waals surface area (Å²) >= 11 is 0. The molecule has 1 N–H and O–H groups in total. The molecule has 0 spiro atoms. The highest BCUT2D eigenvalue weighted by molar-refractivity contribution is 5.26. The van der Waals surface area contributed by atoms with Gasteiger partial charge in [0, 0.05) is 12.1 Å². The summed E-state index contributed by atoms with van der Waals surface area (Å²) in [6.45, 7) is 1.79. The first-order valence-electron chi connectivity index (χ1n) is 3.73. The maximum atomic E-state index is 5.40. The van der Waals surface area contributed by atoms with Crippen molar-refractivity contribution in [2.75, 3.05) is 13.2 Å². The third-order valence-corrected chi connectivity index (χ3v) is 1.83. The molecule has 0 aromatic carbocycles. The van der Waals surface area contributed by atoms with E-state index in [0.717, 1.165) is 25.5 Å². The van der Waals surface area contributed by atoms with Gasteiger partial charge in [-0.2, -0.15) is 0 Å². The van der Waals surface area contributed by atoms with Crippen LogP contribution in [0, 0.1) is 0 Å². The lowest BCUT2D eigenvalue weighted by Gasteiger charge is -2.22. The third-order valence-electron chi connectivity index (χ3n) is 1.83. The van der Waals surface area contributed by atoms with Gasteiger partial charge < -0.3 is 10.1 Å². The number of dihydropyridines is 1. The minimum atomic E-state index is 0.875. The molecule has 2 aliphatic heterocycles. The zero-order valence-electron chi connectivity index (χ0n) is 5.89. The average Bonchev–Trinajstić information content (AvgIpc) is 2.05. The van der Waals surface area contributed by atoms with E-state index in [1.54, 1.807) is 0 Å². The monoisotopic (exact) mass is 137 g/mol. The third kappa shape index (κ3) is 0.897. The van der Waals surface area contributed by atoms with Crippen LogP contribution in [0.2, 0.25) is 0 Å². The maximum absolute atomic E-state index is 5.40. The second kappa shape index (κ2) is 2.37. The molecular formula is C8H11NO. The highest BCUT2D eigenvalue weighted by Gasteiger charge is 2.12. The summed E-state index contributed by atoms with van der Waals surface area (Å²) < 4.78 is 5.40. The largest absolute Gasteiger partial charge is 0.479 e. The Morgan fingerprint density at radius 1 is 1.50 bits per heavy atom. The smallest absolute Gasteiger partial charge is 0.190 e. The van der Waals surface area contributed by atoms with Crippen molar-refractivity contribution in [3.63, 3.8) is 0 Å². The Hall–Kier alpha value is -0.920. The number of hydrogen-bond acceptors (Lipinski definition) is 2. The van der Waals surface area contributed by atoms with Crippen molar-refractivity contribution in [3.8, 4) is 0 Å². The van der Waals surface area contributed by atoms with Gasteiger partial charge in [-0.1, -0.05) is 12.2 Å². The van der Waals surface area contributed by atoms with E-state index in [9.17, 15) is 0 Å². The molecule has 0 atom stereocenters. The van der Waals surface area contributed by atoms with Gasteiger partial charge in [0.2, 0.25) is 0 Å². The Balaban J connectivity index is 2.23. The van der Waals surface area contributed by atoms with E-state index >= 15 is 0 Å². The van der Waals surface area contributed by atoms with Crippen molar-refractivity contribution in [2.45, 2.75) is 12.8 Å². The van der Waals surface area contributed by atoms with Crippen LogP contribution in [0.3, 0.4) is 0 Å². The van der Waals surface area contributed by atoms with Gasteiger partial charge in [0.1, 0.15) is 0 Å². The van der Waals surface area contributed by atoms with Crippen LogP contribution >= 0.6 is 0 Å². The minimum absolute atomic E-state index is 0.875. The van der Waals surface area contributed by atoms with E-state index in [-0.39, 0.29) is 0 Å². The van der Waals surface area contributed by atoms with Crippen molar-refractivity contribution in [3.05, 3.63) is 23.6 Å². The van der Waals surface area contributed by atoms with Crippen molar-refractivity contribution >= 4 is 0 Å². The van der Waals surface area contributed by atoms with Gasteiger partial charge >= 0.3 is 0 Å². The fraction of sp³-hybridized carbons (Fsp3) is 0.500. The van der Waals surface area contributed by atoms with E-state index in [1.165, 1.54) is 12.0 Å². The molecule has 2 nitrogen and oxygen atoms in total. The van der Waals surface area contributed by atoms with E-state index in [0.29, 0.717) is 0 Å². The average molecular weight is 137 g/mol. The van der Waals surface area contributed by atoms with Gasteiger partial charge in [-0.25, -0.2) is 0 Å². The number of allylic oxidation sites excluding steroid dienone is 2. The predicted octanol–water partition coefficient (Wildman–Crippen LogP) is 1.17. The number of hydrogen-bond donors (Lipinski definition) is 1. The van der Waals surface area contributed by atoms with Crippen LogP contribution in [0.1, 0.15) is 12.8 Å². The molecule has 0 unspecified atom stereocenters. The molecule has 0 fully saturated rings. The Kier molecular flexibility index (Phi) is 1.38. The zero-order valence-corrected chi connectivity index (χ0v) is 5.89.